The molecular formula is C27H22F4N6O3S. The Labute approximate surface area is 232 Å². The quantitative estimate of drug-likeness (QED) is 0.258. The Morgan fingerprint density at radius 1 is 0.951 bits per heavy atom. The topological polar surface area (TPSA) is 104 Å². The summed E-state index contributed by atoms with van der Waals surface area (Å²) in [5.41, 5.74) is 2.51. The zero-order valence-electron chi connectivity index (χ0n) is 21.8. The molecular weight excluding hydrogens is 564 g/mol. The van der Waals surface area contributed by atoms with E-state index in [2.05, 4.69) is 24.8 Å². The summed E-state index contributed by atoms with van der Waals surface area (Å²) in [6.07, 6.45) is -1.81. The fourth-order valence-corrected chi connectivity index (χ4v) is 5.17. The molecule has 14 heteroatoms. The smallest absolute Gasteiger partial charge is 0.406 e. The lowest BCUT2D eigenvalue weighted by atomic mass is 10.0. The number of imidazole rings is 1. The third-order valence-electron chi connectivity index (χ3n) is 6.19. The van der Waals surface area contributed by atoms with Crippen molar-refractivity contribution in [3.63, 3.8) is 0 Å². The van der Waals surface area contributed by atoms with E-state index in [1.807, 2.05) is 0 Å². The van der Waals surface area contributed by atoms with E-state index in [0.717, 1.165) is 12.1 Å². The van der Waals surface area contributed by atoms with Crippen LogP contribution in [0.25, 0.3) is 33.8 Å². The molecule has 0 bridgehead atoms. The van der Waals surface area contributed by atoms with E-state index in [1.165, 1.54) is 48.3 Å². The lowest BCUT2D eigenvalue weighted by Crippen LogP contribution is -2.18. The van der Waals surface area contributed by atoms with Gasteiger partial charge in [-0.2, -0.15) is 0 Å². The zero-order valence-corrected chi connectivity index (χ0v) is 22.6. The maximum atomic E-state index is 16.0. The number of halogens is 4. The molecule has 9 nitrogen and oxygen atoms in total. The first-order valence-electron chi connectivity index (χ1n) is 12.0. The number of hydrogen-bond acceptors (Lipinski definition) is 6. The second-order valence-corrected chi connectivity index (χ2v) is 10.9. The minimum Gasteiger partial charge on any atom is -0.406 e. The van der Waals surface area contributed by atoms with Gasteiger partial charge in [-0.05, 0) is 80.6 Å². The summed E-state index contributed by atoms with van der Waals surface area (Å²) in [5, 5.41) is 8.14. The van der Waals surface area contributed by atoms with Crippen molar-refractivity contribution < 1.29 is 30.7 Å². The SMILES string of the molecule is CNS(=O)(=O)c1cccc(-c2cc(F)c(-n3cc(C)nc3C)c(-n3nncc3-c3ccc(OC(F)(F)F)cc3)c2)c1. The van der Waals surface area contributed by atoms with Crippen LogP contribution < -0.4 is 9.46 Å². The number of rotatable bonds is 7. The molecule has 0 radical (unpaired) electrons. The summed E-state index contributed by atoms with van der Waals surface area (Å²) in [6.45, 7) is 3.46. The molecule has 0 atom stereocenters. The molecule has 0 unspecified atom stereocenters. The van der Waals surface area contributed by atoms with Gasteiger partial charge in [-0.15, -0.1) is 18.3 Å². The molecule has 0 aliphatic heterocycles. The van der Waals surface area contributed by atoms with Crippen molar-refractivity contribution in [3.05, 3.63) is 90.4 Å². The number of nitrogens with zero attached hydrogens (tertiary/aromatic N) is 5. The molecule has 1 N–H and O–H groups in total. The normalized spacial score (nSPS) is 12.1. The van der Waals surface area contributed by atoms with Crippen molar-refractivity contribution in [1.29, 1.82) is 0 Å². The van der Waals surface area contributed by atoms with Gasteiger partial charge in [0, 0.05) is 11.8 Å². The molecule has 0 fully saturated rings. The second-order valence-electron chi connectivity index (χ2n) is 8.96. The molecule has 5 rings (SSSR count). The Balaban J connectivity index is 1.70. The van der Waals surface area contributed by atoms with E-state index in [-0.39, 0.29) is 16.3 Å². The molecule has 0 amide bonds. The molecule has 0 saturated carbocycles. The molecule has 0 saturated heterocycles. The van der Waals surface area contributed by atoms with Gasteiger partial charge in [0.2, 0.25) is 10.0 Å². The largest absolute Gasteiger partial charge is 0.573 e. The third-order valence-corrected chi connectivity index (χ3v) is 7.61. The van der Waals surface area contributed by atoms with Crippen LogP contribution in [0.3, 0.4) is 0 Å². The van der Waals surface area contributed by atoms with E-state index < -0.39 is 28.0 Å². The van der Waals surface area contributed by atoms with E-state index in [0.29, 0.717) is 33.9 Å². The predicted octanol–water partition coefficient (Wildman–Crippen LogP) is 5.35. The van der Waals surface area contributed by atoms with Gasteiger partial charge in [-0.1, -0.05) is 17.3 Å². The van der Waals surface area contributed by atoms with Gasteiger partial charge < -0.3 is 4.74 Å². The Kier molecular flexibility index (Phi) is 7.13. The average molecular weight is 587 g/mol. The molecule has 5 aromatic rings. The lowest BCUT2D eigenvalue weighted by molar-refractivity contribution is -0.274. The molecule has 41 heavy (non-hydrogen) atoms. The maximum Gasteiger partial charge on any atom is 0.573 e. The first kappa shape index (κ1) is 28.0. The van der Waals surface area contributed by atoms with Crippen LogP contribution in [0.15, 0.2) is 78.0 Å². The van der Waals surface area contributed by atoms with E-state index in [9.17, 15) is 21.6 Å². The molecule has 0 spiro atoms. The number of alkyl halides is 3. The van der Waals surface area contributed by atoms with Crippen LogP contribution in [-0.4, -0.2) is 46.4 Å². The average Bonchev–Trinajstić information content (AvgIpc) is 3.53. The first-order valence-corrected chi connectivity index (χ1v) is 13.5. The number of nitrogens with one attached hydrogen (secondary N) is 1. The minimum absolute atomic E-state index is 0.00720. The van der Waals surface area contributed by atoms with Crippen molar-refractivity contribution in [2.45, 2.75) is 25.1 Å². The summed E-state index contributed by atoms with van der Waals surface area (Å²) in [7, 11) is -2.48. The standard InChI is InChI=1S/C27H22F4N6O3S/c1-16-15-36(17(2)34-16)26-23(28)12-20(19-5-4-6-22(11-19)41(38,39)32-3)13-24(26)37-25(14-33-35-37)18-7-9-21(10-8-18)40-27(29,30)31/h4-15,32H,1-3H3. The maximum absolute atomic E-state index is 16.0. The second kappa shape index (κ2) is 10.4. The highest BCUT2D eigenvalue weighted by Crippen LogP contribution is 2.34. The van der Waals surface area contributed by atoms with Crippen molar-refractivity contribution in [3.8, 4) is 39.5 Å². The highest BCUT2D eigenvalue weighted by atomic mass is 32.2. The van der Waals surface area contributed by atoms with Gasteiger partial charge >= 0.3 is 6.36 Å². The molecule has 2 heterocycles. The molecule has 3 aromatic carbocycles. The Hall–Kier alpha value is -4.56. The van der Waals surface area contributed by atoms with Crippen molar-refractivity contribution in [2.75, 3.05) is 7.05 Å². The number of ether oxygens (including phenoxy) is 1. The Bertz CT molecular complexity index is 1850. The first-order chi connectivity index (χ1) is 19.4. The molecule has 212 valence electrons. The van der Waals surface area contributed by atoms with E-state index >= 15 is 4.39 Å². The molecule has 2 aromatic heterocycles. The number of benzene rings is 3. The Morgan fingerprint density at radius 3 is 2.32 bits per heavy atom. The van der Waals surface area contributed by atoms with Gasteiger partial charge in [0.1, 0.15) is 23.1 Å². The number of aryl methyl sites for hydroxylation is 2. The summed E-state index contributed by atoms with van der Waals surface area (Å²) < 4.78 is 87.9. The van der Waals surface area contributed by atoms with Crippen LogP contribution in [0.2, 0.25) is 0 Å². The minimum atomic E-state index is -4.84. The summed E-state index contributed by atoms with van der Waals surface area (Å²) in [6, 6.07) is 14.0. The zero-order chi connectivity index (χ0) is 29.5. The van der Waals surface area contributed by atoms with Crippen LogP contribution in [0.5, 0.6) is 5.75 Å². The third kappa shape index (κ3) is 5.69. The highest BCUT2D eigenvalue weighted by Gasteiger charge is 2.31. The fourth-order valence-electron chi connectivity index (χ4n) is 4.39. The van der Waals surface area contributed by atoms with Crippen molar-refractivity contribution >= 4 is 10.0 Å². The van der Waals surface area contributed by atoms with Crippen LogP contribution in [0, 0.1) is 19.7 Å². The summed E-state index contributed by atoms with van der Waals surface area (Å²) in [5.74, 6) is -0.571. The predicted molar refractivity (Wildman–Crippen MR) is 142 cm³/mol. The monoisotopic (exact) mass is 586 g/mol. The Morgan fingerprint density at radius 2 is 1.68 bits per heavy atom. The van der Waals surface area contributed by atoms with Crippen LogP contribution >= 0.6 is 0 Å². The van der Waals surface area contributed by atoms with Gasteiger partial charge in [0.15, 0.2) is 0 Å². The number of hydrogen-bond donors (Lipinski definition) is 1. The van der Waals surface area contributed by atoms with Crippen LogP contribution in [0.1, 0.15) is 11.5 Å². The van der Waals surface area contributed by atoms with Gasteiger partial charge in [0.25, 0.3) is 0 Å². The van der Waals surface area contributed by atoms with Gasteiger partial charge in [-0.25, -0.2) is 27.2 Å². The van der Waals surface area contributed by atoms with E-state index in [4.69, 9.17) is 0 Å². The number of aromatic nitrogens is 5. The van der Waals surface area contributed by atoms with E-state index in [1.54, 1.807) is 42.8 Å². The summed E-state index contributed by atoms with van der Waals surface area (Å²) >= 11 is 0. The van der Waals surface area contributed by atoms with Crippen LogP contribution in [-0.2, 0) is 10.0 Å². The highest BCUT2D eigenvalue weighted by molar-refractivity contribution is 7.89. The van der Waals surface area contributed by atoms with Gasteiger partial charge in [0.05, 0.1) is 28.2 Å². The van der Waals surface area contributed by atoms with Gasteiger partial charge in [-0.3, -0.25) is 4.57 Å². The van der Waals surface area contributed by atoms with Crippen molar-refractivity contribution in [2.24, 2.45) is 0 Å². The van der Waals surface area contributed by atoms with Crippen molar-refractivity contribution in [1.82, 2.24) is 29.3 Å². The lowest BCUT2D eigenvalue weighted by Gasteiger charge is -2.17. The summed E-state index contributed by atoms with van der Waals surface area (Å²) in [4.78, 5) is 4.36. The fraction of sp³-hybridized carbons (Fsp3) is 0.148. The van der Waals surface area contributed by atoms with Crippen LogP contribution in [0.4, 0.5) is 17.6 Å². The number of sulfonamides is 1. The molecule has 0 aliphatic rings. The molecule has 0 aliphatic carbocycles.